The van der Waals surface area contributed by atoms with E-state index in [4.69, 9.17) is 0 Å². The average molecular weight is 246 g/mol. The Morgan fingerprint density at radius 1 is 0.833 bits per heavy atom. The zero-order chi connectivity index (χ0) is 12.8. The largest absolute Gasteiger partial charge is 0.238 e. The quantitative estimate of drug-likeness (QED) is 0.700. The van der Waals surface area contributed by atoms with Crippen LogP contribution in [0.3, 0.4) is 0 Å². The summed E-state index contributed by atoms with van der Waals surface area (Å²) in [5.74, 6) is 0. The summed E-state index contributed by atoms with van der Waals surface area (Å²) in [6.07, 6.45) is -0.992. The molecular weight excluding hydrogens is 230 g/mol. The molecule has 0 unspecified atom stereocenters. The molecule has 0 fully saturated rings. The second-order valence-electron chi connectivity index (χ2n) is 4.31. The number of hydrogen-bond acceptors (Lipinski definition) is 0. The molecule has 18 heavy (non-hydrogen) atoms. The Morgan fingerprint density at radius 2 is 1.50 bits per heavy atom. The zero-order valence-electron chi connectivity index (χ0n) is 10.2. The number of benzene rings is 2. The first-order valence-corrected chi connectivity index (χ1v) is 6.19. The van der Waals surface area contributed by atoms with Crippen molar-refractivity contribution in [2.24, 2.45) is 0 Å². The Balaban J connectivity index is 2.16. The molecule has 0 aliphatic rings. The Morgan fingerprint density at radius 3 is 2.22 bits per heavy atom. The van der Waals surface area contributed by atoms with Gasteiger partial charge in [-0.05, 0) is 29.5 Å². The van der Waals surface area contributed by atoms with E-state index >= 15 is 0 Å². The molecule has 0 aliphatic heterocycles. The monoisotopic (exact) mass is 246 g/mol. The summed E-state index contributed by atoms with van der Waals surface area (Å²) in [5.41, 5.74) is 3.43. The second-order valence-corrected chi connectivity index (χ2v) is 4.31. The maximum atomic E-state index is 12.2. The summed E-state index contributed by atoms with van der Waals surface area (Å²) >= 11 is 0. The first-order valence-electron chi connectivity index (χ1n) is 6.19. The third-order valence-electron chi connectivity index (χ3n) is 2.97. The van der Waals surface area contributed by atoms with Crippen molar-refractivity contribution in [3.05, 3.63) is 60.2 Å². The highest BCUT2D eigenvalue weighted by atomic mass is 19.3. The van der Waals surface area contributed by atoms with Gasteiger partial charge < -0.3 is 0 Å². The normalized spacial score (nSPS) is 10.8. The highest BCUT2D eigenvalue weighted by molar-refractivity contribution is 5.67. The average Bonchev–Trinajstić information content (AvgIpc) is 2.40. The fourth-order valence-electron chi connectivity index (χ4n) is 2.08. The molecule has 0 saturated heterocycles. The summed E-state index contributed by atoms with van der Waals surface area (Å²) in [4.78, 5) is 0. The van der Waals surface area contributed by atoms with Crippen molar-refractivity contribution in [3.8, 4) is 11.1 Å². The van der Waals surface area contributed by atoms with Gasteiger partial charge in [-0.25, -0.2) is 8.78 Å². The van der Waals surface area contributed by atoms with Crippen LogP contribution in [0.4, 0.5) is 8.78 Å². The minimum atomic E-state index is -2.20. The maximum absolute atomic E-state index is 12.2. The molecule has 0 heterocycles. The summed E-state index contributed by atoms with van der Waals surface area (Å²) in [6, 6.07) is 18.1. The predicted molar refractivity (Wildman–Crippen MR) is 70.8 cm³/mol. The second kappa shape index (κ2) is 6.29. The molecule has 0 amide bonds. The van der Waals surface area contributed by atoms with E-state index in [0.29, 0.717) is 12.8 Å². The third kappa shape index (κ3) is 3.39. The van der Waals surface area contributed by atoms with Crippen LogP contribution in [0.1, 0.15) is 18.4 Å². The molecule has 2 aromatic rings. The molecular formula is C16H16F2. The van der Waals surface area contributed by atoms with E-state index in [0.717, 1.165) is 16.7 Å². The highest BCUT2D eigenvalue weighted by Crippen LogP contribution is 2.24. The van der Waals surface area contributed by atoms with Crippen LogP contribution in [0.15, 0.2) is 54.6 Å². The van der Waals surface area contributed by atoms with Crippen molar-refractivity contribution >= 4 is 0 Å². The predicted octanol–water partition coefficient (Wildman–Crippen LogP) is 4.94. The molecule has 0 saturated carbocycles. The van der Waals surface area contributed by atoms with Crippen LogP contribution in [0.5, 0.6) is 0 Å². The van der Waals surface area contributed by atoms with Crippen LogP contribution < -0.4 is 0 Å². The first kappa shape index (κ1) is 12.7. The van der Waals surface area contributed by atoms with E-state index in [1.165, 1.54) is 0 Å². The minimum Gasteiger partial charge on any atom is -0.211 e. The van der Waals surface area contributed by atoms with E-state index in [2.05, 4.69) is 0 Å². The van der Waals surface area contributed by atoms with E-state index in [1.54, 1.807) is 0 Å². The highest BCUT2D eigenvalue weighted by Gasteiger charge is 2.06. The Labute approximate surface area is 106 Å². The Bertz CT molecular complexity index is 477. The van der Waals surface area contributed by atoms with E-state index in [-0.39, 0.29) is 6.42 Å². The van der Waals surface area contributed by atoms with Gasteiger partial charge >= 0.3 is 0 Å². The van der Waals surface area contributed by atoms with E-state index in [1.807, 2.05) is 54.6 Å². The topological polar surface area (TPSA) is 0 Å². The molecule has 2 aromatic carbocycles. The first-order chi connectivity index (χ1) is 8.77. The maximum Gasteiger partial charge on any atom is 0.238 e. The van der Waals surface area contributed by atoms with Gasteiger partial charge in [0.25, 0.3) is 0 Å². The number of rotatable bonds is 5. The molecule has 0 nitrogen and oxygen atoms in total. The van der Waals surface area contributed by atoms with Gasteiger partial charge in [-0.3, -0.25) is 0 Å². The zero-order valence-corrected chi connectivity index (χ0v) is 10.2. The van der Waals surface area contributed by atoms with Crippen LogP contribution in [0, 0.1) is 0 Å². The summed E-state index contributed by atoms with van der Waals surface area (Å²) in [6.45, 7) is 0. The van der Waals surface area contributed by atoms with Gasteiger partial charge in [0.05, 0.1) is 0 Å². The molecule has 0 N–H and O–H groups in total. The molecule has 0 atom stereocenters. The van der Waals surface area contributed by atoms with Crippen molar-refractivity contribution in [3.63, 3.8) is 0 Å². The van der Waals surface area contributed by atoms with Crippen molar-refractivity contribution in [2.75, 3.05) is 0 Å². The van der Waals surface area contributed by atoms with Gasteiger partial charge in [0, 0.05) is 6.42 Å². The number of hydrogen-bond donors (Lipinski definition) is 0. The summed E-state index contributed by atoms with van der Waals surface area (Å²) in [5, 5.41) is 0. The van der Waals surface area contributed by atoms with Gasteiger partial charge in [-0.2, -0.15) is 0 Å². The van der Waals surface area contributed by atoms with Crippen molar-refractivity contribution in [1.82, 2.24) is 0 Å². The Kier molecular flexibility index (Phi) is 4.46. The van der Waals surface area contributed by atoms with Crippen molar-refractivity contribution in [1.29, 1.82) is 0 Å². The smallest absolute Gasteiger partial charge is 0.211 e. The molecule has 0 aliphatic carbocycles. The lowest BCUT2D eigenvalue weighted by Gasteiger charge is -2.09. The molecule has 2 heteroatoms. The number of aryl methyl sites for hydroxylation is 1. The van der Waals surface area contributed by atoms with Gasteiger partial charge in [-0.1, -0.05) is 54.6 Å². The number of alkyl halides is 2. The third-order valence-corrected chi connectivity index (χ3v) is 2.97. The van der Waals surface area contributed by atoms with Crippen LogP contribution in [0.2, 0.25) is 0 Å². The lowest BCUT2D eigenvalue weighted by molar-refractivity contribution is 0.135. The molecule has 0 bridgehead atoms. The fourth-order valence-corrected chi connectivity index (χ4v) is 2.08. The van der Waals surface area contributed by atoms with Crippen molar-refractivity contribution in [2.45, 2.75) is 25.7 Å². The van der Waals surface area contributed by atoms with Crippen LogP contribution in [-0.2, 0) is 6.42 Å². The molecule has 2 rings (SSSR count). The van der Waals surface area contributed by atoms with Crippen LogP contribution in [0.25, 0.3) is 11.1 Å². The lowest BCUT2D eigenvalue weighted by Crippen LogP contribution is -1.94. The van der Waals surface area contributed by atoms with Gasteiger partial charge in [-0.15, -0.1) is 0 Å². The molecule has 0 spiro atoms. The lowest BCUT2D eigenvalue weighted by atomic mass is 9.96. The summed E-state index contributed by atoms with van der Waals surface area (Å²) < 4.78 is 24.3. The SMILES string of the molecule is FC(F)CCCc1ccccc1-c1ccccc1. The van der Waals surface area contributed by atoms with Crippen LogP contribution >= 0.6 is 0 Å². The molecule has 0 aromatic heterocycles. The van der Waals surface area contributed by atoms with Crippen molar-refractivity contribution < 1.29 is 8.78 Å². The van der Waals surface area contributed by atoms with Gasteiger partial charge in [0.15, 0.2) is 0 Å². The summed E-state index contributed by atoms with van der Waals surface area (Å²) in [7, 11) is 0. The fraction of sp³-hybridized carbons (Fsp3) is 0.250. The molecule has 0 radical (unpaired) electrons. The van der Waals surface area contributed by atoms with Gasteiger partial charge in [0.2, 0.25) is 6.43 Å². The van der Waals surface area contributed by atoms with E-state index < -0.39 is 6.43 Å². The van der Waals surface area contributed by atoms with E-state index in [9.17, 15) is 8.78 Å². The van der Waals surface area contributed by atoms with Crippen LogP contribution in [-0.4, -0.2) is 6.43 Å². The van der Waals surface area contributed by atoms with Gasteiger partial charge in [0.1, 0.15) is 0 Å². The minimum absolute atomic E-state index is 0.0247. The number of halogens is 2. The molecule has 94 valence electrons. The Hall–Kier alpha value is -1.70. The standard InChI is InChI=1S/C16H16F2/c17-16(18)12-6-10-14-9-4-5-11-15(14)13-7-2-1-3-8-13/h1-5,7-9,11,16H,6,10,12H2.